The quantitative estimate of drug-likeness (QED) is 0.169. The summed E-state index contributed by atoms with van der Waals surface area (Å²) in [5, 5.41) is 10.5. The molecule has 270 valence electrons. The molecule has 0 saturated heterocycles. The van der Waals surface area contributed by atoms with Crippen LogP contribution in [0.25, 0.3) is 118 Å². The van der Waals surface area contributed by atoms with Gasteiger partial charge in [-0.15, -0.1) is 22.7 Å². The topological polar surface area (TPSA) is 9.86 Å². The van der Waals surface area contributed by atoms with Gasteiger partial charge in [0.1, 0.15) is 0 Å². The van der Waals surface area contributed by atoms with Crippen molar-refractivity contribution in [1.82, 2.24) is 9.13 Å². The van der Waals surface area contributed by atoms with Crippen LogP contribution >= 0.6 is 22.7 Å². The van der Waals surface area contributed by atoms with Gasteiger partial charge in [-0.1, -0.05) is 121 Å². The summed E-state index contributed by atoms with van der Waals surface area (Å²) in [7, 11) is 0. The maximum absolute atomic E-state index is 2.43. The van der Waals surface area contributed by atoms with E-state index in [9.17, 15) is 0 Å². The second-order valence-electron chi connectivity index (χ2n) is 15.3. The van der Waals surface area contributed by atoms with Crippen molar-refractivity contribution in [3.63, 3.8) is 0 Å². The Kier molecular flexibility index (Phi) is 6.79. The second-order valence-corrected chi connectivity index (χ2v) is 17.4. The summed E-state index contributed by atoms with van der Waals surface area (Å²) >= 11 is 3.81. The Labute approximate surface area is 341 Å². The van der Waals surface area contributed by atoms with Crippen LogP contribution in [-0.2, 0) is 0 Å². The van der Waals surface area contributed by atoms with Crippen LogP contribution < -0.4 is 0 Å². The number of para-hydroxylation sites is 2. The SMILES string of the molecule is c1ccc(-n2c3ccc(-c4ccc(-c5ccc6c(c5)c5c7sc8ccccc8c7ccc5n6-c5ccccc5)cc4)cc3c3c4sc5ccccc5c4ccc32)cc1. The van der Waals surface area contributed by atoms with Crippen LogP contribution in [0.15, 0.2) is 194 Å². The van der Waals surface area contributed by atoms with Crippen molar-refractivity contribution >= 4 is 107 Å². The van der Waals surface area contributed by atoms with E-state index < -0.39 is 0 Å². The normalized spacial score (nSPS) is 12.1. The number of nitrogens with zero attached hydrogens (tertiary/aromatic N) is 2. The van der Waals surface area contributed by atoms with Crippen LogP contribution in [0.5, 0.6) is 0 Å². The van der Waals surface area contributed by atoms with E-state index in [1.54, 1.807) is 0 Å². The van der Waals surface area contributed by atoms with Crippen molar-refractivity contribution < 1.29 is 0 Å². The number of hydrogen-bond acceptors (Lipinski definition) is 2. The van der Waals surface area contributed by atoms with Gasteiger partial charge in [0.15, 0.2) is 0 Å². The fourth-order valence-corrected chi connectivity index (χ4v) is 12.0. The molecule has 4 heterocycles. The van der Waals surface area contributed by atoms with Gasteiger partial charge in [0.05, 0.1) is 22.1 Å². The molecule has 0 radical (unpaired) electrons. The molecular formula is C54H32N2S2. The summed E-state index contributed by atoms with van der Waals surface area (Å²) in [6, 6.07) is 71.6. The van der Waals surface area contributed by atoms with Gasteiger partial charge >= 0.3 is 0 Å². The number of benzene rings is 9. The highest BCUT2D eigenvalue weighted by Crippen LogP contribution is 2.46. The van der Waals surface area contributed by atoms with Crippen molar-refractivity contribution in [1.29, 1.82) is 0 Å². The van der Waals surface area contributed by atoms with Crippen molar-refractivity contribution in [2.24, 2.45) is 0 Å². The minimum atomic E-state index is 1.18. The summed E-state index contributed by atoms with van der Waals surface area (Å²) in [4.78, 5) is 0. The van der Waals surface area contributed by atoms with Gasteiger partial charge in [0, 0.05) is 73.3 Å². The Morgan fingerprint density at radius 2 is 0.655 bits per heavy atom. The molecule has 0 aliphatic carbocycles. The fourth-order valence-electron chi connectivity index (χ4n) is 9.50. The minimum absolute atomic E-state index is 1.18. The Hall–Kier alpha value is -6.98. The standard InChI is InChI=1S/C54H32N2S2/c1-3-11-37(12-4-1)55-45-27-23-35(31-43(45)51-47(55)29-25-41-39-15-7-9-17-49(39)57-53(41)51)33-19-21-34(22-20-33)36-24-28-46-44(32-36)52-48(56(46)38-13-5-2-6-14-38)30-26-42-40-16-8-10-18-50(40)58-54(42)52/h1-32H. The highest BCUT2D eigenvalue weighted by atomic mass is 32.1. The average Bonchev–Trinajstić information content (AvgIpc) is 4.04. The predicted octanol–water partition coefficient (Wildman–Crippen LogP) is 16.0. The van der Waals surface area contributed by atoms with E-state index in [4.69, 9.17) is 0 Å². The van der Waals surface area contributed by atoms with E-state index >= 15 is 0 Å². The molecule has 0 spiro atoms. The molecule has 0 bridgehead atoms. The number of fused-ring (bicyclic) bond motifs is 14. The van der Waals surface area contributed by atoms with E-state index in [-0.39, 0.29) is 0 Å². The zero-order chi connectivity index (χ0) is 37.9. The van der Waals surface area contributed by atoms with Gasteiger partial charge in [-0.25, -0.2) is 0 Å². The minimum Gasteiger partial charge on any atom is -0.309 e. The maximum atomic E-state index is 2.43. The predicted molar refractivity (Wildman–Crippen MR) is 252 cm³/mol. The number of hydrogen-bond donors (Lipinski definition) is 0. The number of thiophene rings is 2. The summed E-state index contributed by atoms with van der Waals surface area (Å²) in [5.74, 6) is 0. The molecule has 0 saturated carbocycles. The van der Waals surface area contributed by atoms with E-state index in [0.717, 1.165) is 0 Å². The maximum Gasteiger partial charge on any atom is 0.0555 e. The van der Waals surface area contributed by atoms with Crippen molar-refractivity contribution in [3.8, 4) is 33.6 Å². The van der Waals surface area contributed by atoms with E-state index in [1.807, 2.05) is 22.7 Å². The van der Waals surface area contributed by atoms with Gasteiger partial charge in [-0.3, -0.25) is 0 Å². The van der Waals surface area contributed by atoms with E-state index in [1.165, 1.54) is 118 Å². The first kappa shape index (κ1) is 32.1. The zero-order valence-electron chi connectivity index (χ0n) is 31.2. The number of rotatable bonds is 4. The zero-order valence-corrected chi connectivity index (χ0v) is 32.8. The molecule has 0 atom stereocenters. The largest absolute Gasteiger partial charge is 0.309 e. The molecule has 0 unspecified atom stereocenters. The molecule has 2 nitrogen and oxygen atoms in total. The van der Waals surface area contributed by atoms with Gasteiger partial charge < -0.3 is 9.13 Å². The fraction of sp³-hybridized carbons (Fsp3) is 0. The molecule has 0 amide bonds. The van der Waals surface area contributed by atoms with E-state index in [0.29, 0.717) is 0 Å². The molecule has 0 N–H and O–H groups in total. The Morgan fingerprint density at radius 3 is 1.10 bits per heavy atom. The smallest absolute Gasteiger partial charge is 0.0555 e. The summed E-state index contributed by atoms with van der Waals surface area (Å²) in [6.07, 6.45) is 0. The van der Waals surface area contributed by atoms with Crippen LogP contribution in [0.1, 0.15) is 0 Å². The van der Waals surface area contributed by atoms with Crippen LogP contribution in [0, 0.1) is 0 Å². The Balaban J connectivity index is 0.974. The lowest BCUT2D eigenvalue weighted by Gasteiger charge is -2.09. The second kappa shape index (κ2) is 12.3. The first-order valence-corrected chi connectivity index (χ1v) is 21.4. The Bertz CT molecular complexity index is 3520. The highest BCUT2D eigenvalue weighted by molar-refractivity contribution is 7.27. The molecule has 13 rings (SSSR count). The lowest BCUT2D eigenvalue weighted by atomic mass is 9.98. The van der Waals surface area contributed by atoms with Crippen LogP contribution in [0.3, 0.4) is 0 Å². The lowest BCUT2D eigenvalue weighted by molar-refractivity contribution is 1.18. The summed E-state index contributed by atoms with van der Waals surface area (Å²) in [5.41, 5.74) is 12.1. The van der Waals surface area contributed by atoms with Crippen molar-refractivity contribution in [2.45, 2.75) is 0 Å². The molecule has 0 fully saturated rings. The average molecular weight is 773 g/mol. The summed E-state index contributed by atoms with van der Waals surface area (Å²) in [6.45, 7) is 0. The summed E-state index contributed by atoms with van der Waals surface area (Å²) < 4.78 is 10.2. The number of aromatic nitrogens is 2. The Morgan fingerprint density at radius 1 is 0.276 bits per heavy atom. The molecule has 58 heavy (non-hydrogen) atoms. The molecule has 13 aromatic rings. The third-order valence-electron chi connectivity index (χ3n) is 12.1. The lowest BCUT2D eigenvalue weighted by Crippen LogP contribution is -1.93. The first-order chi connectivity index (χ1) is 28.8. The van der Waals surface area contributed by atoms with Crippen LogP contribution in [-0.4, -0.2) is 9.13 Å². The third-order valence-corrected chi connectivity index (χ3v) is 14.5. The molecule has 9 aromatic carbocycles. The molecule has 4 aromatic heterocycles. The van der Waals surface area contributed by atoms with Gasteiger partial charge in [0.25, 0.3) is 0 Å². The van der Waals surface area contributed by atoms with Crippen LogP contribution in [0.4, 0.5) is 0 Å². The van der Waals surface area contributed by atoms with E-state index in [2.05, 4.69) is 203 Å². The van der Waals surface area contributed by atoms with Crippen molar-refractivity contribution in [2.75, 3.05) is 0 Å². The molecule has 0 aliphatic rings. The molecule has 4 heteroatoms. The first-order valence-electron chi connectivity index (χ1n) is 19.8. The highest BCUT2D eigenvalue weighted by Gasteiger charge is 2.20. The van der Waals surface area contributed by atoms with Crippen LogP contribution in [0.2, 0.25) is 0 Å². The third kappa shape index (κ3) is 4.58. The van der Waals surface area contributed by atoms with Gasteiger partial charge in [0.2, 0.25) is 0 Å². The monoisotopic (exact) mass is 772 g/mol. The van der Waals surface area contributed by atoms with Gasteiger partial charge in [-0.2, -0.15) is 0 Å². The molecular weight excluding hydrogens is 741 g/mol. The van der Waals surface area contributed by atoms with Crippen molar-refractivity contribution in [3.05, 3.63) is 194 Å². The molecule has 0 aliphatic heterocycles. The van der Waals surface area contributed by atoms with Gasteiger partial charge in [-0.05, 0) is 95.1 Å².